The molecule has 0 radical (unpaired) electrons. The van der Waals surface area contributed by atoms with Gasteiger partial charge in [0.25, 0.3) is 0 Å². The summed E-state index contributed by atoms with van der Waals surface area (Å²) in [5.41, 5.74) is 6.44. The van der Waals surface area contributed by atoms with Crippen molar-refractivity contribution in [2.24, 2.45) is 0 Å². The lowest BCUT2D eigenvalue weighted by Gasteiger charge is -1.96. The van der Waals surface area contributed by atoms with Crippen LogP contribution in [-0.4, -0.2) is 20.4 Å². The molecule has 0 unspecified atom stereocenters. The van der Waals surface area contributed by atoms with E-state index in [1.54, 1.807) is 0 Å². The highest BCUT2D eigenvalue weighted by Crippen LogP contribution is 2.19. The minimum atomic E-state index is 0.842. The van der Waals surface area contributed by atoms with Crippen molar-refractivity contribution < 1.29 is 0 Å². The van der Waals surface area contributed by atoms with Crippen LogP contribution < -0.4 is 0 Å². The third-order valence-corrected chi connectivity index (χ3v) is 4.00. The zero-order valence-corrected chi connectivity index (χ0v) is 13.2. The smallest absolute Gasteiger partial charge is 0.113 e. The van der Waals surface area contributed by atoms with E-state index in [9.17, 15) is 0 Å². The first-order valence-corrected chi connectivity index (χ1v) is 8.03. The number of H-pyrrole nitrogens is 2. The molecule has 118 valence electrons. The molecule has 0 atom stereocenters. The fraction of sp³-hybridized carbons (Fsp3) is 0.100. The van der Waals surface area contributed by atoms with Crippen LogP contribution in [0.3, 0.4) is 0 Å². The Bertz CT molecular complexity index is 829. The number of nitrogens with zero attached hydrogens (tertiary/aromatic N) is 2. The van der Waals surface area contributed by atoms with E-state index >= 15 is 0 Å². The standard InChI is InChI=1S/C20H18N4/c1-3-7-15(8-4-1)11-17-13-19(23-21-17)20-14-18(22-24-20)12-16-9-5-2-6-10-16/h1-10,13-14H,11-12H2,(H,21,23)(H,22,24). The van der Waals surface area contributed by atoms with Gasteiger partial charge in [-0.2, -0.15) is 10.2 Å². The van der Waals surface area contributed by atoms with Crippen LogP contribution in [-0.2, 0) is 12.8 Å². The Morgan fingerprint density at radius 2 is 1.00 bits per heavy atom. The van der Waals surface area contributed by atoms with Crippen molar-refractivity contribution in [1.82, 2.24) is 20.4 Å². The molecule has 0 aliphatic heterocycles. The second kappa shape index (κ2) is 6.54. The first kappa shape index (κ1) is 14.5. The molecular weight excluding hydrogens is 296 g/mol. The summed E-state index contributed by atoms with van der Waals surface area (Å²) < 4.78 is 0. The summed E-state index contributed by atoms with van der Waals surface area (Å²) in [7, 11) is 0. The highest BCUT2D eigenvalue weighted by atomic mass is 15.2. The van der Waals surface area contributed by atoms with E-state index in [1.807, 2.05) is 12.1 Å². The van der Waals surface area contributed by atoms with Gasteiger partial charge in [0, 0.05) is 24.2 Å². The maximum absolute atomic E-state index is 4.40. The van der Waals surface area contributed by atoms with Gasteiger partial charge >= 0.3 is 0 Å². The molecule has 4 nitrogen and oxygen atoms in total. The average Bonchev–Trinajstić information content (AvgIpc) is 3.26. The van der Waals surface area contributed by atoms with Crippen LogP contribution in [0.4, 0.5) is 0 Å². The molecular formula is C20H18N4. The Hall–Kier alpha value is -3.14. The molecule has 24 heavy (non-hydrogen) atoms. The van der Waals surface area contributed by atoms with Crippen molar-refractivity contribution >= 4 is 0 Å². The van der Waals surface area contributed by atoms with E-state index in [4.69, 9.17) is 0 Å². The average molecular weight is 314 g/mol. The Kier molecular flexibility index (Phi) is 3.94. The van der Waals surface area contributed by atoms with Gasteiger partial charge in [0.2, 0.25) is 0 Å². The minimum absolute atomic E-state index is 0.842. The Morgan fingerprint density at radius 3 is 1.42 bits per heavy atom. The highest BCUT2D eigenvalue weighted by molar-refractivity contribution is 5.55. The molecule has 2 heterocycles. The van der Waals surface area contributed by atoms with E-state index in [1.165, 1.54) is 11.1 Å². The number of aromatic amines is 2. The number of hydrogen-bond donors (Lipinski definition) is 2. The number of rotatable bonds is 5. The fourth-order valence-corrected chi connectivity index (χ4v) is 2.80. The van der Waals surface area contributed by atoms with Crippen LogP contribution in [0.5, 0.6) is 0 Å². The van der Waals surface area contributed by atoms with Gasteiger partial charge in [-0.3, -0.25) is 10.2 Å². The van der Waals surface area contributed by atoms with E-state index in [0.29, 0.717) is 0 Å². The quantitative estimate of drug-likeness (QED) is 0.585. The topological polar surface area (TPSA) is 57.4 Å². The number of hydrogen-bond acceptors (Lipinski definition) is 2. The van der Waals surface area contributed by atoms with E-state index in [2.05, 4.69) is 81.1 Å². The first-order valence-electron chi connectivity index (χ1n) is 8.03. The Balaban J connectivity index is 1.49. The van der Waals surface area contributed by atoms with Gasteiger partial charge in [-0.05, 0) is 23.3 Å². The predicted octanol–water partition coefficient (Wildman–Crippen LogP) is 3.98. The van der Waals surface area contributed by atoms with Crippen molar-refractivity contribution in [3.05, 3.63) is 95.3 Å². The van der Waals surface area contributed by atoms with Crippen molar-refractivity contribution in [2.75, 3.05) is 0 Å². The van der Waals surface area contributed by atoms with Crippen LogP contribution >= 0.6 is 0 Å². The molecule has 2 N–H and O–H groups in total. The third kappa shape index (κ3) is 3.27. The molecule has 0 saturated heterocycles. The van der Waals surface area contributed by atoms with E-state index in [-0.39, 0.29) is 0 Å². The second-order valence-electron chi connectivity index (χ2n) is 5.88. The molecule has 0 aliphatic carbocycles. The zero-order chi connectivity index (χ0) is 16.2. The van der Waals surface area contributed by atoms with Gasteiger partial charge < -0.3 is 0 Å². The number of nitrogens with one attached hydrogen (secondary N) is 2. The number of aromatic nitrogens is 4. The number of benzene rings is 2. The fourth-order valence-electron chi connectivity index (χ4n) is 2.80. The molecule has 0 fully saturated rings. The lowest BCUT2D eigenvalue weighted by atomic mass is 10.1. The molecule has 0 spiro atoms. The van der Waals surface area contributed by atoms with Crippen molar-refractivity contribution in [3.63, 3.8) is 0 Å². The van der Waals surface area contributed by atoms with Gasteiger partial charge in [-0.1, -0.05) is 60.7 Å². The van der Waals surface area contributed by atoms with Gasteiger partial charge in [0.05, 0.1) is 0 Å². The van der Waals surface area contributed by atoms with Crippen molar-refractivity contribution in [1.29, 1.82) is 0 Å². The maximum atomic E-state index is 4.40. The SMILES string of the molecule is c1ccc(Cc2cc(-c3cc(Cc4ccccc4)[nH]n3)n[nH]2)cc1. The Morgan fingerprint density at radius 1 is 0.583 bits per heavy atom. The monoisotopic (exact) mass is 314 g/mol. The summed E-state index contributed by atoms with van der Waals surface area (Å²) in [6.07, 6.45) is 1.68. The lowest BCUT2D eigenvalue weighted by Crippen LogP contribution is -1.87. The Labute approximate surface area is 140 Å². The molecule has 2 aromatic carbocycles. The molecule has 2 aromatic heterocycles. The van der Waals surface area contributed by atoms with E-state index < -0.39 is 0 Å². The molecule has 4 aromatic rings. The minimum Gasteiger partial charge on any atom is -0.282 e. The molecule has 0 aliphatic rings. The highest BCUT2D eigenvalue weighted by Gasteiger charge is 2.09. The summed E-state index contributed by atoms with van der Waals surface area (Å²) in [4.78, 5) is 0. The first-order chi connectivity index (χ1) is 11.9. The van der Waals surface area contributed by atoms with Gasteiger partial charge in [0.1, 0.15) is 11.4 Å². The van der Waals surface area contributed by atoms with E-state index in [0.717, 1.165) is 35.6 Å². The summed E-state index contributed by atoms with van der Waals surface area (Å²) >= 11 is 0. The molecule has 0 saturated carbocycles. The second-order valence-corrected chi connectivity index (χ2v) is 5.88. The molecule has 0 amide bonds. The summed E-state index contributed by atoms with van der Waals surface area (Å²) in [6, 6.07) is 24.9. The predicted molar refractivity (Wildman–Crippen MR) is 94.7 cm³/mol. The van der Waals surface area contributed by atoms with Crippen molar-refractivity contribution in [2.45, 2.75) is 12.8 Å². The van der Waals surface area contributed by atoms with Crippen molar-refractivity contribution in [3.8, 4) is 11.4 Å². The van der Waals surface area contributed by atoms with Gasteiger partial charge in [-0.25, -0.2) is 0 Å². The van der Waals surface area contributed by atoms with Gasteiger partial charge in [0.15, 0.2) is 0 Å². The molecule has 4 heteroatoms. The zero-order valence-electron chi connectivity index (χ0n) is 13.2. The van der Waals surface area contributed by atoms with Gasteiger partial charge in [-0.15, -0.1) is 0 Å². The van der Waals surface area contributed by atoms with Crippen LogP contribution in [0.15, 0.2) is 72.8 Å². The largest absolute Gasteiger partial charge is 0.282 e. The maximum Gasteiger partial charge on any atom is 0.113 e. The lowest BCUT2D eigenvalue weighted by molar-refractivity contribution is 0.983. The summed E-state index contributed by atoms with van der Waals surface area (Å²) in [5, 5.41) is 15.0. The normalized spacial score (nSPS) is 10.8. The van der Waals surface area contributed by atoms with Crippen LogP contribution in [0.25, 0.3) is 11.4 Å². The summed E-state index contributed by atoms with van der Waals surface area (Å²) in [6.45, 7) is 0. The van der Waals surface area contributed by atoms with Crippen LogP contribution in [0, 0.1) is 0 Å². The van der Waals surface area contributed by atoms with Crippen LogP contribution in [0.2, 0.25) is 0 Å². The summed E-state index contributed by atoms with van der Waals surface area (Å²) in [5.74, 6) is 0. The molecule has 4 rings (SSSR count). The third-order valence-electron chi connectivity index (χ3n) is 4.00. The van der Waals surface area contributed by atoms with Crippen LogP contribution in [0.1, 0.15) is 22.5 Å². The molecule has 0 bridgehead atoms.